The molecule has 0 bridgehead atoms. The predicted octanol–water partition coefficient (Wildman–Crippen LogP) is 0.796. The first kappa shape index (κ1) is 10.6. The van der Waals surface area contributed by atoms with Crippen molar-refractivity contribution in [1.29, 1.82) is 0 Å². The van der Waals surface area contributed by atoms with Crippen molar-refractivity contribution in [3.8, 4) is 0 Å². The van der Waals surface area contributed by atoms with Gasteiger partial charge in [-0.25, -0.2) is 4.98 Å². The highest BCUT2D eigenvalue weighted by Crippen LogP contribution is 2.33. The van der Waals surface area contributed by atoms with Gasteiger partial charge in [-0.3, -0.25) is 9.25 Å². The summed E-state index contributed by atoms with van der Waals surface area (Å²) in [6.45, 7) is 5.55. The van der Waals surface area contributed by atoms with Gasteiger partial charge in [-0.05, 0) is 20.3 Å². The van der Waals surface area contributed by atoms with Crippen molar-refractivity contribution in [2.24, 2.45) is 7.05 Å². The van der Waals surface area contributed by atoms with Crippen molar-refractivity contribution in [1.82, 2.24) is 19.3 Å². The first-order valence-corrected chi connectivity index (χ1v) is 5.79. The fourth-order valence-electron chi connectivity index (χ4n) is 2.65. The Kier molecular flexibility index (Phi) is 2.01. The third kappa shape index (κ3) is 1.30. The monoisotopic (exact) mass is 235 g/mol. The van der Waals surface area contributed by atoms with Crippen LogP contribution in [-0.4, -0.2) is 32.5 Å². The highest BCUT2D eigenvalue weighted by molar-refractivity contribution is 5.78. The molecule has 1 saturated heterocycles. The van der Waals surface area contributed by atoms with Gasteiger partial charge in [-0.15, -0.1) is 0 Å². The number of fused-ring (bicyclic) bond motifs is 1. The molecule has 0 spiro atoms. The van der Waals surface area contributed by atoms with Gasteiger partial charge in [0.2, 0.25) is 5.95 Å². The summed E-state index contributed by atoms with van der Waals surface area (Å²) in [5.41, 5.74) is 8.72. The maximum Gasteiger partial charge on any atom is 0.203 e. The van der Waals surface area contributed by atoms with Crippen molar-refractivity contribution in [3.05, 3.63) is 5.69 Å². The van der Waals surface area contributed by atoms with Crippen molar-refractivity contribution in [2.45, 2.75) is 25.8 Å². The molecule has 2 N–H and O–H groups in total. The largest absolute Gasteiger partial charge is 0.379 e. The third-order valence-corrected chi connectivity index (χ3v) is 3.57. The van der Waals surface area contributed by atoms with Gasteiger partial charge in [0.15, 0.2) is 5.65 Å². The molecule has 6 heteroatoms. The Morgan fingerprint density at radius 1 is 1.47 bits per heavy atom. The minimum absolute atomic E-state index is 0.112. The minimum atomic E-state index is -0.112. The second-order valence-electron chi connectivity index (χ2n) is 4.99. The summed E-state index contributed by atoms with van der Waals surface area (Å²) in [5, 5.41) is 4.39. The molecule has 2 aromatic rings. The smallest absolute Gasteiger partial charge is 0.203 e. The molecule has 17 heavy (non-hydrogen) atoms. The molecule has 2 aromatic heterocycles. The number of nitrogens with zero attached hydrogens (tertiary/aromatic N) is 4. The Morgan fingerprint density at radius 3 is 2.88 bits per heavy atom. The zero-order chi connectivity index (χ0) is 12.2. The number of rotatable bonds is 1. The van der Waals surface area contributed by atoms with E-state index in [9.17, 15) is 0 Å². The lowest BCUT2D eigenvalue weighted by Gasteiger charge is -2.25. The first-order chi connectivity index (χ1) is 8.03. The van der Waals surface area contributed by atoms with Gasteiger partial charge in [-0.1, -0.05) is 0 Å². The molecule has 0 aliphatic carbocycles. The number of hydrogen-bond acceptors (Lipinski definition) is 4. The number of hydrogen-bond donors (Lipinski definition) is 1. The van der Waals surface area contributed by atoms with E-state index >= 15 is 0 Å². The summed E-state index contributed by atoms with van der Waals surface area (Å²) in [5.74, 6) is 0.545. The summed E-state index contributed by atoms with van der Waals surface area (Å²) >= 11 is 0. The Labute approximate surface area is 99.4 Å². The van der Waals surface area contributed by atoms with Crippen LogP contribution in [0.1, 0.15) is 19.0 Å². The van der Waals surface area contributed by atoms with Gasteiger partial charge in [0, 0.05) is 13.7 Å². The first-order valence-electron chi connectivity index (χ1n) is 5.79. The highest BCUT2D eigenvalue weighted by Gasteiger charge is 2.36. The second kappa shape index (κ2) is 3.22. The van der Waals surface area contributed by atoms with Crippen LogP contribution >= 0.6 is 0 Å². The van der Waals surface area contributed by atoms with Crippen molar-refractivity contribution in [2.75, 3.05) is 18.9 Å². The van der Waals surface area contributed by atoms with Crippen LogP contribution in [0.5, 0.6) is 0 Å². The summed E-state index contributed by atoms with van der Waals surface area (Å²) in [6.07, 6.45) is 0.951. The van der Waals surface area contributed by atoms with Crippen molar-refractivity contribution >= 4 is 17.1 Å². The molecule has 0 saturated carbocycles. The molecular weight excluding hydrogens is 218 g/mol. The SMILES string of the molecule is Cc1nn(C)c2c1nc(N)n2C1(C)CCOC1. The van der Waals surface area contributed by atoms with Crippen LogP contribution in [0, 0.1) is 6.92 Å². The van der Waals surface area contributed by atoms with Crippen LogP contribution in [0.4, 0.5) is 5.95 Å². The number of anilines is 1. The van der Waals surface area contributed by atoms with E-state index in [2.05, 4.69) is 21.6 Å². The van der Waals surface area contributed by atoms with E-state index in [4.69, 9.17) is 10.5 Å². The van der Waals surface area contributed by atoms with Crippen LogP contribution in [0.2, 0.25) is 0 Å². The zero-order valence-electron chi connectivity index (χ0n) is 10.4. The molecule has 6 nitrogen and oxygen atoms in total. The molecule has 0 amide bonds. The van der Waals surface area contributed by atoms with Crippen LogP contribution in [0.15, 0.2) is 0 Å². The van der Waals surface area contributed by atoms with Gasteiger partial charge in [0.05, 0.1) is 17.8 Å². The lowest BCUT2D eigenvalue weighted by molar-refractivity contribution is 0.163. The molecule has 1 unspecified atom stereocenters. The average molecular weight is 235 g/mol. The van der Waals surface area contributed by atoms with E-state index in [0.717, 1.165) is 29.9 Å². The topological polar surface area (TPSA) is 70.9 Å². The second-order valence-corrected chi connectivity index (χ2v) is 4.99. The Hall–Kier alpha value is -1.56. The van der Waals surface area contributed by atoms with Gasteiger partial charge in [-0.2, -0.15) is 5.10 Å². The number of aryl methyl sites for hydroxylation is 2. The van der Waals surface area contributed by atoms with Crippen LogP contribution in [0.3, 0.4) is 0 Å². The maximum absolute atomic E-state index is 6.06. The van der Waals surface area contributed by atoms with Gasteiger partial charge < -0.3 is 10.5 Å². The lowest BCUT2D eigenvalue weighted by atomic mass is 10.0. The van der Waals surface area contributed by atoms with E-state index < -0.39 is 0 Å². The van der Waals surface area contributed by atoms with Crippen LogP contribution in [-0.2, 0) is 17.3 Å². The standard InChI is InChI=1S/C11H17N5O/c1-7-8-9(15(3)14-7)16(10(12)13-8)11(2)4-5-17-6-11/h4-6H2,1-3H3,(H2,12,13). The maximum atomic E-state index is 6.06. The van der Waals surface area contributed by atoms with Crippen LogP contribution in [0.25, 0.3) is 11.2 Å². The predicted molar refractivity (Wildman–Crippen MR) is 64.7 cm³/mol. The number of ether oxygens (including phenoxy) is 1. The van der Waals surface area contributed by atoms with E-state index in [1.54, 1.807) is 0 Å². The normalized spacial score (nSPS) is 24.9. The van der Waals surface area contributed by atoms with Gasteiger partial charge in [0.1, 0.15) is 5.52 Å². The molecule has 0 aromatic carbocycles. The Bertz CT molecular complexity index is 576. The fourth-order valence-corrected chi connectivity index (χ4v) is 2.65. The summed E-state index contributed by atoms with van der Waals surface area (Å²) in [6, 6.07) is 0. The van der Waals surface area contributed by atoms with Crippen molar-refractivity contribution < 1.29 is 4.74 Å². The molecule has 92 valence electrons. The fraction of sp³-hybridized carbons (Fsp3) is 0.636. The minimum Gasteiger partial charge on any atom is -0.379 e. The number of nitrogen functional groups attached to an aromatic ring is 1. The molecule has 1 aliphatic rings. The molecular formula is C11H17N5O. The molecule has 3 rings (SSSR count). The summed E-state index contributed by atoms with van der Waals surface area (Å²) in [4.78, 5) is 4.43. The van der Waals surface area contributed by atoms with Crippen LogP contribution < -0.4 is 5.73 Å². The van der Waals surface area contributed by atoms with E-state index in [0.29, 0.717) is 12.6 Å². The van der Waals surface area contributed by atoms with Gasteiger partial charge in [0.25, 0.3) is 0 Å². The highest BCUT2D eigenvalue weighted by atomic mass is 16.5. The molecule has 1 aliphatic heterocycles. The number of aromatic nitrogens is 4. The molecule has 0 radical (unpaired) electrons. The molecule has 3 heterocycles. The van der Waals surface area contributed by atoms with E-state index in [1.165, 1.54) is 0 Å². The third-order valence-electron chi connectivity index (χ3n) is 3.57. The zero-order valence-corrected chi connectivity index (χ0v) is 10.4. The number of nitrogens with two attached hydrogens (primary N) is 1. The summed E-state index contributed by atoms with van der Waals surface area (Å²) < 4.78 is 9.41. The molecule has 1 atom stereocenters. The summed E-state index contributed by atoms with van der Waals surface area (Å²) in [7, 11) is 1.92. The van der Waals surface area contributed by atoms with E-state index in [1.807, 2.05) is 18.7 Å². The quantitative estimate of drug-likeness (QED) is 0.793. The Morgan fingerprint density at radius 2 is 2.24 bits per heavy atom. The molecule has 1 fully saturated rings. The lowest BCUT2D eigenvalue weighted by Crippen LogP contribution is -2.32. The van der Waals surface area contributed by atoms with Crippen molar-refractivity contribution in [3.63, 3.8) is 0 Å². The number of imidazole rings is 1. The van der Waals surface area contributed by atoms with Gasteiger partial charge >= 0.3 is 0 Å². The Balaban J connectivity index is 2.31. The van der Waals surface area contributed by atoms with E-state index in [-0.39, 0.29) is 5.54 Å². The average Bonchev–Trinajstić information content (AvgIpc) is 2.88.